The van der Waals surface area contributed by atoms with E-state index in [1.807, 2.05) is 42.5 Å². The number of hydrogen-bond acceptors (Lipinski definition) is 4. The van der Waals surface area contributed by atoms with Gasteiger partial charge < -0.3 is 4.74 Å². The average molecular weight is 479 g/mol. The molecule has 0 bridgehead atoms. The van der Waals surface area contributed by atoms with E-state index in [0.29, 0.717) is 17.4 Å². The molecule has 28 heavy (non-hydrogen) atoms. The zero-order chi connectivity index (χ0) is 19.9. The fourth-order valence-corrected chi connectivity index (χ4v) is 3.08. The Morgan fingerprint density at radius 3 is 2.68 bits per heavy atom. The Balaban J connectivity index is 1.59. The highest BCUT2D eigenvalue weighted by molar-refractivity contribution is 9.10. The molecule has 142 valence electrons. The van der Waals surface area contributed by atoms with Gasteiger partial charge in [0.15, 0.2) is 0 Å². The molecule has 0 aliphatic rings. The van der Waals surface area contributed by atoms with Gasteiger partial charge >= 0.3 is 0 Å². The van der Waals surface area contributed by atoms with Gasteiger partial charge in [0, 0.05) is 11.2 Å². The Morgan fingerprint density at radius 2 is 1.96 bits per heavy atom. The van der Waals surface area contributed by atoms with E-state index in [1.165, 1.54) is 12.4 Å². The number of nitrogens with zero attached hydrogens (tertiary/aromatic N) is 2. The van der Waals surface area contributed by atoms with Crippen molar-refractivity contribution in [1.29, 1.82) is 0 Å². The van der Waals surface area contributed by atoms with Crippen LogP contribution in [0.3, 0.4) is 0 Å². The van der Waals surface area contributed by atoms with Gasteiger partial charge in [0.25, 0.3) is 5.91 Å². The van der Waals surface area contributed by atoms with Crippen molar-refractivity contribution in [3.63, 3.8) is 0 Å². The summed E-state index contributed by atoms with van der Waals surface area (Å²) >= 11 is 15.2. The minimum absolute atomic E-state index is 0.125. The summed E-state index contributed by atoms with van der Waals surface area (Å²) in [7, 11) is 0. The molecule has 1 N–H and O–H groups in total. The summed E-state index contributed by atoms with van der Waals surface area (Å²) in [5.74, 6) is 0.259. The summed E-state index contributed by atoms with van der Waals surface area (Å²) in [5.41, 5.74) is 4.47. The largest absolute Gasteiger partial charge is 0.488 e. The predicted molar refractivity (Wildman–Crippen MR) is 114 cm³/mol. The third-order valence-corrected chi connectivity index (χ3v) is 4.82. The molecule has 5 nitrogen and oxygen atoms in total. The molecule has 0 saturated carbocycles. The molecule has 3 aromatic rings. The quantitative estimate of drug-likeness (QED) is 0.289. The van der Waals surface area contributed by atoms with Crippen molar-refractivity contribution in [3.8, 4) is 5.75 Å². The van der Waals surface area contributed by atoms with Gasteiger partial charge in [-0.05, 0) is 69.5 Å². The molecule has 2 aromatic carbocycles. The summed E-state index contributed by atoms with van der Waals surface area (Å²) in [6.07, 6.45) is 3.03. The fraction of sp³-hybridized carbons (Fsp3) is 0.0500. The van der Waals surface area contributed by atoms with Gasteiger partial charge in [-0.3, -0.25) is 4.79 Å². The van der Waals surface area contributed by atoms with Gasteiger partial charge in [0.05, 0.1) is 16.3 Å². The molecule has 0 aliphatic heterocycles. The van der Waals surface area contributed by atoms with Crippen molar-refractivity contribution in [3.05, 3.63) is 92.1 Å². The first-order valence-electron chi connectivity index (χ1n) is 8.13. The van der Waals surface area contributed by atoms with Crippen LogP contribution in [0.5, 0.6) is 5.75 Å². The zero-order valence-electron chi connectivity index (χ0n) is 14.4. The summed E-state index contributed by atoms with van der Waals surface area (Å²) in [6.45, 7) is 0.422. The fourth-order valence-electron chi connectivity index (χ4n) is 2.24. The number of hydrazone groups is 1. The first-order chi connectivity index (χ1) is 13.5. The predicted octanol–water partition coefficient (Wildman–Crippen LogP) is 5.49. The maximum Gasteiger partial charge on any atom is 0.274 e. The van der Waals surface area contributed by atoms with Crippen molar-refractivity contribution in [2.45, 2.75) is 6.61 Å². The van der Waals surface area contributed by atoms with Crippen molar-refractivity contribution >= 4 is 51.3 Å². The summed E-state index contributed by atoms with van der Waals surface area (Å²) in [4.78, 5) is 15.9. The van der Waals surface area contributed by atoms with Gasteiger partial charge in [-0.1, -0.05) is 35.3 Å². The molecule has 0 unspecified atom stereocenters. The molecule has 3 rings (SSSR count). The van der Waals surface area contributed by atoms with Crippen LogP contribution in [0.2, 0.25) is 10.2 Å². The molecular formula is C20H14BrCl2N3O2. The van der Waals surface area contributed by atoms with Gasteiger partial charge in [-0.15, -0.1) is 0 Å². The molecule has 1 aromatic heterocycles. The molecule has 0 aliphatic carbocycles. The molecule has 0 fully saturated rings. The minimum Gasteiger partial charge on any atom is -0.488 e. The molecule has 0 radical (unpaired) electrons. The third-order valence-electron chi connectivity index (χ3n) is 3.65. The normalized spacial score (nSPS) is 10.8. The lowest BCUT2D eigenvalue weighted by molar-refractivity contribution is 0.0955. The second-order valence-corrected chi connectivity index (χ2v) is 7.29. The van der Waals surface area contributed by atoms with Gasteiger partial charge in [0.1, 0.15) is 17.5 Å². The topological polar surface area (TPSA) is 63.6 Å². The van der Waals surface area contributed by atoms with Crippen LogP contribution >= 0.6 is 39.1 Å². The standard InChI is InChI=1S/C20H14BrCl2N3O2/c21-17-10-14(11-25-26-20(27)16-2-1-9-24-19(16)23)5-8-18(17)28-12-13-3-6-15(22)7-4-13/h1-11H,12H2,(H,26,27). The monoisotopic (exact) mass is 477 g/mol. The highest BCUT2D eigenvalue weighted by Crippen LogP contribution is 2.26. The van der Waals surface area contributed by atoms with E-state index in [4.69, 9.17) is 27.9 Å². The third kappa shape index (κ3) is 5.55. The highest BCUT2D eigenvalue weighted by Gasteiger charge is 2.09. The minimum atomic E-state index is -0.434. The first-order valence-corrected chi connectivity index (χ1v) is 9.68. The summed E-state index contributed by atoms with van der Waals surface area (Å²) in [6, 6.07) is 16.2. The number of halogens is 3. The van der Waals surface area contributed by atoms with Crippen LogP contribution in [0.25, 0.3) is 0 Å². The van der Waals surface area contributed by atoms with Crippen molar-refractivity contribution in [2.75, 3.05) is 0 Å². The number of ether oxygens (including phenoxy) is 1. The number of hydrogen-bond donors (Lipinski definition) is 1. The highest BCUT2D eigenvalue weighted by atomic mass is 79.9. The molecule has 0 spiro atoms. The lowest BCUT2D eigenvalue weighted by atomic mass is 10.2. The van der Waals surface area contributed by atoms with Crippen LogP contribution in [0.15, 0.2) is 70.4 Å². The molecule has 8 heteroatoms. The molecule has 1 amide bonds. The number of rotatable bonds is 6. The lowest BCUT2D eigenvalue weighted by Crippen LogP contribution is -2.18. The second-order valence-electron chi connectivity index (χ2n) is 5.65. The van der Waals surface area contributed by atoms with Crippen LogP contribution in [0, 0.1) is 0 Å². The first kappa shape index (κ1) is 20.3. The number of carbonyl (C=O) groups is 1. The van der Waals surface area contributed by atoms with Crippen LogP contribution in [0.4, 0.5) is 0 Å². The average Bonchev–Trinajstić information content (AvgIpc) is 2.69. The maximum atomic E-state index is 12.0. The van der Waals surface area contributed by atoms with E-state index in [1.54, 1.807) is 12.1 Å². The van der Waals surface area contributed by atoms with E-state index in [2.05, 4.69) is 31.4 Å². The maximum absolute atomic E-state index is 12.0. The van der Waals surface area contributed by atoms with E-state index in [9.17, 15) is 4.79 Å². The SMILES string of the molecule is O=C(NN=Cc1ccc(OCc2ccc(Cl)cc2)c(Br)c1)c1cccnc1Cl. The van der Waals surface area contributed by atoms with E-state index in [-0.39, 0.29) is 10.7 Å². The van der Waals surface area contributed by atoms with Crippen molar-refractivity contribution in [1.82, 2.24) is 10.4 Å². The Morgan fingerprint density at radius 1 is 1.18 bits per heavy atom. The number of pyridine rings is 1. The number of aromatic nitrogens is 1. The zero-order valence-corrected chi connectivity index (χ0v) is 17.5. The molecule has 1 heterocycles. The molecular weight excluding hydrogens is 465 g/mol. The molecule has 0 saturated heterocycles. The lowest BCUT2D eigenvalue weighted by Gasteiger charge is -2.09. The van der Waals surface area contributed by atoms with Crippen LogP contribution in [0.1, 0.15) is 21.5 Å². The molecule has 0 atom stereocenters. The Bertz CT molecular complexity index is 1010. The Labute approximate surface area is 180 Å². The number of nitrogens with one attached hydrogen (secondary N) is 1. The van der Waals surface area contributed by atoms with Crippen LogP contribution < -0.4 is 10.2 Å². The van der Waals surface area contributed by atoms with E-state index in [0.717, 1.165) is 15.6 Å². The Hall–Kier alpha value is -2.41. The van der Waals surface area contributed by atoms with Gasteiger partial charge in [-0.25, -0.2) is 10.4 Å². The van der Waals surface area contributed by atoms with E-state index < -0.39 is 5.91 Å². The number of benzene rings is 2. The number of carbonyl (C=O) groups excluding carboxylic acids is 1. The van der Waals surface area contributed by atoms with Crippen molar-refractivity contribution in [2.24, 2.45) is 5.10 Å². The van der Waals surface area contributed by atoms with Gasteiger partial charge in [0.2, 0.25) is 0 Å². The van der Waals surface area contributed by atoms with Crippen molar-refractivity contribution < 1.29 is 9.53 Å². The van der Waals surface area contributed by atoms with Crippen LogP contribution in [-0.2, 0) is 6.61 Å². The summed E-state index contributed by atoms with van der Waals surface area (Å²) < 4.78 is 6.58. The Kier molecular flexibility index (Phi) is 7.03. The van der Waals surface area contributed by atoms with E-state index >= 15 is 0 Å². The second kappa shape index (κ2) is 9.68. The number of amides is 1. The van der Waals surface area contributed by atoms with Gasteiger partial charge in [-0.2, -0.15) is 5.10 Å². The summed E-state index contributed by atoms with van der Waals surface area (Å²) in [5, 5.41) is 4.76. The smallest absolute Gasteiger partial charge is 0.274 e. The van der Waals surface area contributed by atoms with Crippen LogP contribution in [-0.4, -0.2) is 17.1 Å².